The maximum absolute atomic E-state index is 11.8. The van der Waals surface area contributed by atoms with E-state index in [-0.39, 0.29) is 18.6 Å². The average molecular weight is 317 g/mol. The molecule has 6 heteroatoms. The van der Waals surface area contributed by atoms with E-state index >= 15 is 0 Å². The first kappa shape index (κ1) is 15.6. The molecule has 0 aliphatic heterocycles. The Morgan fingerprint density at radius 1 is 1.30 bits per heavy atom. The van der Waals surface area contributed by atoms with Gasteiger partial charge in [0.1, 0.15) is 0 Å². The first-order valence-electron chi connectivity index (χ1n) is 6.69. The van der Waals surface area contributed by atoms with E-state index < -0.39 is 0 Å². The van der Waals surface area contributed by atoms with Gasteiger partial charge in [0, 0.05) is 0 Å². The number of rotatable bonds is 5. The Hall–Kier alpha value is -0.810. The zero-order chi connectivity index (χ0) is 14.5. The Balaban J connectivity index is 1.75. The molecule has 0 aromatic heterocycles. The summed E-state index contributed by atoms with van der Waals surface area (Å²) in [5, 5.41) is 16.1. The Morgan fingerprint density at radius 3 is 2.60 bits per heavy atom. The van der Waals surface area contributed by atoms with Crippen molar-refractivity contribution in [2.24, 2.45) is 5.92 Å². The third-order valence-corrected chi connectivity index (χ3v) is 4.09. The second-order valence-electron chi connectivity index (χ2n) is 5.11. The lowest BCUT2D eigenvalue weighted by molar-refractivity contribution is -0.115. The van der Waals surface area contributed by atoms with Crippen LogP contribution < -0.4 is 10.6 Å². The molecule has 2 unspecified atom stereocenters. The number of para-hydroxylation sites is 1. The standard InChI is InChI=1S/C14H18Cl2N2O2/c15-11-2-1-3-12(16)14(11)18-13(20)8-17-7-9-4-5-10(19)6-9/h1-3,9-10,17,19H,4-8H2,(H,18,20). The van der Waals surface area contributed by atoms with Gasteiger partial charge in [-0.25, -0.2) is 0 Å². The van der Waals surface area contributed by atoms with Gasteiger partial charge in [0.2, 0.25) is 5.91 Å². The molecule has 0 saturated heterocycles. The fourth-order valence-corrected chi connectivity index (χ4v) is 2.92. The lowest BCUT2D eigenvalue weighted by Crippen LogP contribution is -2.31. The van der Waals surface area contributed by atoms with Gasteiger partial charge >= 0.3 is 0 Å². The normalized spacial score (nSPS) is 21.9. The quantitative estimate of drug-likeness (QED) is 0.782. The summed E-state index contributed by atoms with van der Waals surface area (Å²) in [7, 11) is 0. The Labute approximate surface area is 128 Å². The largest absolute Gasteiger partial charge is 0.393 e. The monoisotopic (exact) mass is 316 g/mol. The first-order chi connectivity index (χ1) is 9.56. The Morgan fingerprint density at radius 2 is 2.00 bits per heavy atom. The number of hydrogen-bond donors (Lipinski definition) is 3. The second kappa shape index (κ2) is 7.27. The van der Waals surface area contributed by atoms with Gasteiger partial charge in [-0.2, -0.15) is 0 Å². The van der Waals surface area contributed by atoms with Gasteiger partial charge in [-0.05, 0) is 43.9 Å². The molecular formula is C14H18Cl2N2O2. The molecule has 1 aliphatic rings. The smallest absolute Gasteiger partial charge is 0.238 e. The predicted molar refractivity (Wildman–Crippen MR) is 81.3 cm³/mol. The van der Waals surface area contributed by atoms with Crippen LogP contribution in [0.15, 0.2) is 18.2 Å². The van der Waals surface area contributed by atoms with Crippen LogP contribution in [0.3, 0.4) is 0 Å². The molecular weight excluding hydrogens is 299 g/mol. The second-order valence-corrected chi connectivity index (χ2v) is 5.92. The molecule has 1 aliphatic carbocycles. The van der Waals surface area contributed by atoms with Gasteiger partial charge in [-0.3, -0.25) is 4.79 Å². The molecule has 3 N–H and O–H groups in total. The Bertz CT molecular complexity index is 462. The molecule has 1 aromatic rings. The highest BCUT2D eigenvalue weighted by molar-refractivity contribution is 6.39. The molecule has 1 saturated carbocycles. The van der Waals surface area contributed by atoms with Crippen LogP contribution in [0.2, 0.25) is 10.0 Å². The van der Waals surface area contributed by atoms with Crippen molar-refractivity contribution >= 4 is 34.8 Å². The zero-order valence-corrected chi connectivity index (χ0v) is 12.5. The third-order valence-electron chi connectivity index (χ3n) is 3.46. The van der Waals surface area contributed by atoms with Gasteiger partial charge in [-0.15, -0.1) is 0 Å². The maximum Gasteiger partial charge on any atom is 0.238 e. The molecule has 1 fully saturated rings. The number of aliphatic hydroxyl groups is 1. The number of amides is 1. The molecule has 110 valence electrons. The minimum absolute atomic E-state index is 0.182. The van der Waals surface area contributed by atoms with E-state index in [1.54, 1.807) is 18.2 Å². The van der Waals surface area contributed by atoms with Crippen molar-refractivity contribution in [2.45, 2.75) is 25.4 Å². The summed E-state index contributed by atoms with van der Waals surface area (Å²) in [6, 6.07) is 5.08. The summed E-state index contributed by atoms with van der Waals surface area (Å²) in [6.45, 7) is 0.939. The number of hydrogen-bond acceptors (Lipinski definition) is 3. The number of benzene rings is 1. The van der Waals surface area contributed by atoms with Crippen LogP contribution in [0.5, 0.6) is 0 Å². The van der Waals surface area contributed by atoms with Gasteiger partial charge in [0.15, 0.2) is 0 Å². The van der Waals surface area contributed by atoms with Crippen LogP contribution in [0, 0.1) is 5.92 Å². The lowest BCUT2D eigenvalue weighted by Gasteiger charge is -2.12. The molecule has 1 amide bonds. The van der Waals surface area contributed by atoms with Crippen LogP contribution >= 0.6 is 23.2 Å². The highest BCUT2D eigenvalue weighted by atomic mass is 35.5. The molecule has 0 radical (unpaired) electrons. The van der Waals surface area contributed by atoms with Crippen molar-refractivity contribution in [1.82, 2.24) is 5.32 Å². The average Bonchev–Trinajstić information content (AvgIpc) is 2.80. The number of aliphatic hydroxyl groups excluding tert-OH is 1. The third kappa shape index (κ3) is 4.35. The minimum Gasteiger partial charge on any atom is -0.393 e. The summed E-state index contributed by atoms with van der Waals surface area (Å²) < 4.78 is 0. The predicted octanol–water partition coefficient (Wildman–Crippen LogP) is 2.68. The first-order valence-corrected chi connectivity index (χ1v) is 7.44. The number of carbonyl (C=O) groups excluding carboxylic acids is 1. The maximum atomic E-state index is 11.8. The molecule has 2 rings (SSSR count). The Kier molecular flexibility index (Phi) is 5.66. The van der Waals surface area contributed by atoms with E-state index in [1.165, 1.54) is 0 Å². The van der Waals surface area contributed by atoms with Crippen molar-refractivity contribution in [3.63, 3.8) is 0 Å². The number of anilines is 1. The van der Waals surface area contributed by atoms with Crippen LogP contribution in [0.25, 0.3) is 0 Å². The summed E-state index contributed by atoms with van der Waals surface area (Å²) in [5.74, 6) is 0.264. The summed E-state index contributed by atoms with van der Waals surface area (Å²) in [6.07, 6.45) is 2.49. The zero-order valence-electron chi connectivity index (χ0n) is 11.0. The molecule has 1 aromatic carbocycles. The lowest BCUT2D eigenvalue weighted by atomic mass is 10.1. The van der Waals surface area contributed by atoms with Gasteiger partial charge in [-0.1, -0.05) is 29.3 Å². The molecule has 20 heavy (non-hydrogen) atoms. The molecule has 0 bridgehead atoms. The molecule has 0 spiro atoms. The SMILES string of the molecule is O=C(CNCC1CCC(O)C1)Nc1c(Cl)cccc1Cl. The highest BCUT2D eigenvalue weighted by Crippen LogP contribution is 2.29. The van der Waals surface area contributed by atoms with Crippen molar-refractivity contribution < 1.29 is 9.90 Å². The van der Waals surface area contributed by atoms with Crippen LogP contribution in [-0.4, -0.2) is 30.2 Å². The fourth-order valence-electron chi connectivity index (χ4n) is 2.42. The number of nitrogens with one attached hydrogen (secondary N) is 2. The van der Waals surface area contributed by atoms with Gasteiger partial charge in [0.25, 0.3) is 0 Å². The van der Waals surface area contributed by atoms with E-state index in [9.17, 15) is 9.90 Å². The summed E-state index contributed by atoms with van der Waals surface area (Å²) >= 11 is 12.0. The van der Waals surface area contributed by atoms with E-state index in [0.717, 1.165) is 25.8 Å². The molecule has 4 nitrogen and oxygen atoms in total. The topological polar surface area (TPSA) is 61.4 Å². The van der Waals surface area contributed by atoms with Crippen molar-refractivity contribution in [3.05, 3.63) is 28.2 Å². The highest BCUT2D eigenvalue weighted by Gasteiger charge is 2.22. The number of halogens is 2. The van der Waals surface area contributed by atoms with Crippen LogP contribution in [-0.2, 0) is 4.79 Å². The van der Waals surface area contributed by atoms with E-state index in [1.807, 2.05) is 0 Å². The van der Waals surface area contributed by atoms with Crippen molar-refractivity contribution in [3.8, 4) is 0 Å². The van der Waals surface area contributed by atoms with E-state index in [0.29, 0.717) is 21.7 Å². The summed E-state index contributed by atoms with van der Waals surface area (Å²) in [4.78, 5) is 11.8. The summed E-state index contributed by atoms with van der Waals surface area (Å²) in [5.41, 5.74) is 0.443. The van der Waals surface area contributed by atoms with Crippen molar-refractivity contribution in [2.75, 3.05) is 18.4 Å². The number of carbonyl (C=O) groups is 1. The van der Waals surface area contributed by atoms with Crippen LogP contribution in [0.1, 0.15) is 19.3 Å². The van der Waals surface area contributed by atoms with Crippen molar-refractivity contribution in [1.29, 1.82) is 0 Å². The van der Waals surface area contributed by atoms with E-state index in [4.69, 9.17) is 23.2 Å². The fraction of sp³-hybridized carbons (Fsp3) is 0.500. The molecule has 2 atom stereocenters. The van der Waals surface area contributed by atoms with Gasteiger partial charge < -0.3 is 15.7 Å². The molecule has 0 heterocycles. The van der Waals surface area contributed by atoms with E-state index in [2.05, 4.69) is 10.6 Å². The van der Waals surface area contributed by atoms with Crippen LogP contribution in [0.4, 0.5) is 5.69 Å². The van der Waals surface area contributed by atoms with Gasteiger partial charge in [0.05, 0.1) is 28.4 Å². The minimum atomic E-state index is -0.183.